The number of benzene rings is 1. The Labute approximate surface area is 154 Å². The molecule has 1 aromatic carbocycles. The van der Waals surface area contributed by atoms with Crippen molar-refractivity contribution in [2.45, 2.75) is 13.3 Å². The van der Waals surface area contributed by atoms with Gasteiger partial charge < -0.3 is 4.90 Å². The summed E-state index contributed by atoms with van der Waals surface area (Å²) < 4.78 is 27.9. The average molecular weight is 373 g/mol. The van der Waals surface area contributed by atoms with Gasteiger partial charge in [0.2, 0.25) is 0 Å². The van der Waals surface area contributed by atoms with Gasteiger partial charge >= 0.3 is 0 Å². The molecule has 0 saturated carbocycles. The monoisotopic (exact) mass is 373 g/mol. The molecular formula is C19H17F2N3OS. The van der Waals surface area contributed by atoms with Gasteiger partial charge in [-0.1, -0.05) is 6.07 Å². The van der Waals surface area contributed by atoms with Crippen LogP contribution in [-0.4, -0.2) is 34.4 Å². The van der Waals surface area contributed by atoms with Crippen LogP contribution < -0.4 is 0 Å². The van der Waals surface area contributed by atoms with Gasteiger partial charge in [0.05, 0.1) is 11.3 Å². The molecule has 0 fully saturated rings. The summed E-state index contributed by atoms with van der Waals surface area (Å²) in [6.07, 6.45) is 4.11. The Balaban J connectivity index is 1.79. The molecule has 134 valence electrons. The number of amides is 1. The summed E-state index contributed by atoms with van der Waals surface area (Å²) in [6, 6.07) is 7.45. The second kappa shape index (κ2) is 7.70. The fraction of sp³-hybridized carbons (Fsp3) is 0.211. The maximum atomic E-state index is 14.0. The number of aromatic nitrogens is 2. The lowest BCUT2D eigenvalue weighted by Crippen LogP contribution is -2.28. The Bertz CT molecular complexity index is 908. The SMILES string of the molecule is Cc1nc(-c2c(F)cccc2F)sc1C(=O)N(C)CCc1ccncc1. The lowest BCUT2D eigenvalue weighted by Gasteiger charge is -2.16. The van der Waals surface area contributed by atoms with Crippen molar-refractivity contribution in [3.05, 3.63) is 70.5 Å². The van der Waals surface area contributed by atoms with E-state index in [0.717, 1.165) is 16.9 Å². The lowest BCUT2D eigenvalue weighted by atomic mass is 10.2. The van der Waals surface area contributed by atoms with E-state index in [-0.39, 0.29) is 16.5 Å². The molecule has 0 unspecified atom stereocenters. The van der Waals surface area contributed by atoms with Crippen molar-refractivity contribution in [3.8, 4) is 10.6 Å². The Morgan fingerprint density at radius 3 is 2.46 bits per heavy atom. The number of hydrogen-bond donors (Lipinski definition) is 0. The van der Waals surface area contributed by atoms with Gasteiger partial charge in [-0.3, -0.25) is 9.78 Å². The number of thiazole rings is 1. The number of rotatable bonds is 5. The smallest absolute Gasteiger partial charge is 0.265 e. The summed E-state index contributed by atoms with van der Waals surface area (Å²) in [7, 11) is 1.70. The second-order valence-corrected chi connectivity index (χ2v) is 6.86. The van der Waals surface area contributed by atoms with Gasteiger partial charge in [0.15, 0.2) is 0 Å². The molecule has 0 saturated heterocycles. The van der Waals surface area contributed by atoms with Gasteiger partial charge in [-0.05, 0) is 43.2 Å². The van der Waals surface area contributed by atoms with E-state index in [1.807, 2.05) is 12.1 Å². The van der Waals surface area contributed by atoms with E-state index in [1.165, 1.54) is 18.2 Å². The molecule has 2 aromatic heterocycles. The molecule has 26 heavy (non-hydrogen) atoms. The van der Waals surface area contributed by atoms with Crippen LogP contribution in [0.15, 0.2) is 42.7 Å². The first-order chi connectivity index (χ1) is 12.5. The maximum absolute atomic E-state index is 14.0. The molecule has 0 atom stereocenters. The van der Waals surface area contributed by atoms with Gasteiger partial charge in [-0.15, -0.1) is 11.3 Å². The molecule has 0 aliphatic rings. The van der Waals surface area contributed by atoms with Crippen LogP contribution in [0.5, 0.6) is 0 Å². The van der Waals surface area contributed by atoms with Crippen molar-refractivity contribution in [1.82, 2.24) is 14.9 Å². The van der Waals surface area contributed by atoms with Gasteiger partial charge in [-0.2, -0.15) is 0 Å². The third kappa shape index (κ3) is 3.77. The van der Waals surface area contributed by atoms with Crippen molar-refractivity contribution < 1.29 is 13.6 Å². The fourth-order valence-electron chi connectivity index (χ4n) is 2.53. The topological polar surface area (TPSA) is 46.1 Å². The number of nitrogens with zero attached hydrogens (tertiary/aromatic N) is 3. The number of carbonyl (C=O) groups is 1. The first-order valence-electron chi connectivity index (χ1n) is 8.03. The minimum Gasteiger partial charge on any atom is -0.341 e. The van der Waals surface area contributed by atoms with E-state index in [1.54, 1.807) is 31.3 Å². The molecule has 0 bridgehead atoms. The average Bonchev–Trinajstić information content (AvgIpc) is 3.01. The summed E-state index contributed by atoms with van der Waals surface area (Å²) in [4.78, 5) is 22.8. The first-order valence-corrected chi connectivity index (χ1v) is 8.85. The van der Waals surface area contributed by atoms with Crippen LogP contribution in [0.4, 0.5) is 8.78 Å². The summed E-state index contributed by atoms with van der Waals surface area (Å²) in [5.41, 5.74) is 1.35. The van der Waals surface area contributed by atoms with Crippen LogP contribution in [0, 0.1) is 18.6 Å². The minimum atomic E-state index is -0.691. The van der Waals surface area contributed by atoms with Gasteiger partial charge in [0.1, 0.15) is 21.5 Å². The molecule has 0 radical (unpaired) electrons. The molecule has 2 heterocycles. The third-order valence-electron chi connectivity index (χ3n) is 4.00. The highest BCUT2D eigenvalue weighted by molar-refractivity contribution is 7.17. The van der Waals surface area contributed by atoms with Gasteiger partial charge in [0.25, 0.3) is 5.91 Å². The molecule has 0 spiro atoms. The standard InChI is InChI=1S/C19H17F2N3OS/c1-12-17(19(25)24(2)11-8-13-6-9-22-10-7-13)26-18(23-12)16-14(20)4-3-5-15(16)21/h3-7,9-10H,8,11H2,1-2H3. The summed E-state index contributed by atoms with van der Waals surface area (Å²) in [5, 5.41) is 0.170. The van der Waals surface area contributed by atoms with Crippen LogP contribution in [0.3, 0.4) is 0 Å². The highest BCUT2D eigenvalue weighted by atomic mass is 32.1. The van der Waals surface area contributed by atoms with Crippen molar-refractivity contribution >= 4 is 17.2 Å². The minimum absolute atomic E-state index is 0.170. The Morgan fingerprint density at radius 1 is 1.15 bits per heavy atom. The Hall–Kier alpha value is -2.67. The highest BCUT2D eigenvalue weighted by Gasteiger charge is 2.22. The van der Waals surface area contributed by atoms with Gasteiger partial charge in [0, 0.05) is 26.0 Å². The number of pyridine rings is 1. The Kier molecular flexibility index (Phi) is 5.37. The van der Waals surface area contributed by atoms with E-state index < -0.39 is 11.6 Å². The van der Waals surface area contributed by atoms with Crippen molar-refractivity contribution in [2.75, 3.05) is 13.6 Å². The van der Waals surface area contributed by atoms with Crippen LogP contribution in [0.1, 0.15) is 20.9 Å². The molecule has 4 nitrogen and oxygen atoms in total. The third-order valence-corrected chi connectivity index (χ3v) is 5.16. The molecule has 3 aromatic rings. The van der Waals surface area contributed by atoms with E-state index in [0.29, 0.717) is 23.5 Å². The zero-order chi connectivity index (χ0) is 18.7. The quantitative estimate of drug-likeness (QED) is 0.676. The zero-order valence-corrected chi connectivity index (χ0v) is 15.2. The molecule has 0 N–H and O–H groups in total. The normalized spacial score (nSPS) is 10.8. The van der Waals surface area contributed by atoms with Crippen molar-refractivity contribution in [3.63, 3.8) is 0 Å². The van der Waals surface area contributed by atoms with Crippen LogP contribution in [0.2, 0.25) is 0 Å². The molecule has 7 heteroatoms. The van der Waals surface area contributed by atoms with E-state index in [2.05, 4.69) is 9.97 Å². The van der Waals surface area contributed by atoms with Crippen LogP contribution in [-0.2, 0) is 6.42 Å². The molecule has 3 rings (SSSR count). The number of halogens is 2. The number of hydrogen-bond acceptors (Lipinski definition) is 4. The van der Waals surface area contributed by atoms with E-state index >= 15 is 0 Å². The highest BCUT2D eigenvalue weighted by Crippen LogP contribution is 2.32. The Morgan fingerprint density at radius 2 is 1.81 bits per heavy atom. The summed E-state index contributed by atoms with van der Waals surface area (Å²) in [6.45, 7) is 2.19. The van der Waals surface area contributed by atoms with E-state index in [9.17, 15) is 13.6 Å². The van der Waals surface area contributed by atoms with Crippen molar-refractivity contribution in [1.29, 1.82) is 0 Å². The second-order valence-electron chi connectivity index (χ2n) is 5.86. The van der Waals surface area contributed by atoms with Crippen molar-refractivity contribution in [2.24, 2.45) is 0 Å². The fourth-order valence-corrected chi connectivity index (χ4v) is 3.63. The largest absolute Gasteiger partial charge is 0.341 e. The van der Waals surface area contributed by atoms with Crippen LogP contribution in [0.25, 0.3) is 10.6 Å². The summed E-state index contributed by atoms with van der Waals surface area (Å²) in [5.74, 6) is -1.59. The predicted octanol–water partition coefficient (Wildman–Crippen LogP) is 4.11. The van der Waals surface area contributed by atoms with E-state index in [4.69, 9.17) is 0 Å². The van der Waals surface area contributed by atoms with Crippen LogP contribution >= 0.6 is 11.3 Å². The molecular weight excluding hydrogens is 356 g/mol. The van der Waals surface area contributed by atoms with Gasteiger partial charge in [-0.25, -0.2) is 13.8 Å². The number of likely N-dealkylation sites (N-methyl/N-ethyl adjacent to an activating group) is 1. The number of carbonyl (C=O) groups excluding carboxylic acids is 1. The zero-order valence-electron chi connectivity index (χ0n) is 14.4. The number of aryl methyl sites for hydroxylation is 1. The lowest BCUT2D eigenvalue weighted by molar-refractivity contribution is 0.0800. The molecule has 0 aliphatic carbocycles. The molecule has 1 amide bonds. The summed E-state index contributed by atoms with van der Waals surface area (Å²) >= 11 is 1.01. The molecule has 0 aliphatic heterocycles. The first kappa shape index (κ1) is 18.1. The maximum Gasteiger partial charge on any atom is 0.265 e. The predicted molar refractivity (Wildman–Crippen MR) is 97.1 cm³/mol.